The van der Waals surface area contributed by atoms with Crippen LogP contribution in [0.2, 0.25) is 5.02 Å². The van der Waals surface area contributed by atoms with Crippen LogP contribution >= 0.6 is 11.6 Å². The van der Waals surface area contributed by atoms with Gasteiger partial charge in [0.15, 0.2) is 0 Å². The quantitative estimate of drug-likeness (QED) is 0.561. The molecule has 2 N–H and O–H groups in total. The van der Waals surface area contributed by atoms with Gasteiger partial charge in [0, 0.05) is 35.9 Å². The summed E-state index contributed by atoms with van der Waals surface area (Å²) in [6.45, 7) is 6.82. The van der Waals surface area contributed by atoms with Crippen LogP contribution in [0.3, 0.4) is 0 Å². The highest BCUT2D eigenvalue weighted by Crippen LogP contribution is 2.15. The van der Waals surface area contributed by atoms with Crippen LogP contribution in [-0.4, -0.2) is 56.2 Å². The lowest BCUT2D eigenvalue weighted by Gasteiger charge is -2.25. The third-order valence-electron chi connectivity index (χ3n) is 4.76. The minimum Gasteiger partial charge on any atom is -0.379 e. The van der Waals surface area contributed by atoms with E-state index in [0.29, 0.717) is 23.1 Å². The third-order valence-corrected chi connectivity index (χ3v) is 5.00. The zero-order valence-corrected chi connectivity index (χ0v) is 17.4. The fourth-order valence-electron chi connectivity index (χ4n) is 3.13. The van der Waals surface area contributed by atoms with Crippen LogP contribution in [0.15, 0.2) is 53.5 Å². The number of rotatable bonds is 6. The lowest BCUT2D eigenvalue weighted by Crippen LogP contribution is -2.39. The Balaban J connectivity index is 1.72. The number of hydrogen-bond donors (Lipinski definition) is 2. The summed E-state index contributed by atoms with van der Waals surface area (Å²) in [4.78, 5) is 19.6. The number of carbonyl (C=O) groups is 1. The van der Waals surface area contributed by atoms with Gasteiger partial charge in [-0.15, -0.1) is 0 Å². The van der Waals surface area contributed by atoms with Crippen molar-refractivity contribution in [3.63, 3.8) is 0 Å². The van der Waals surface area contributed by atoms with E-state index < -0.39 is 0 Å². The minimum atomic E-state index is -0.251. The number of anilines is 1. The number of ether oxygens (including phenoxy) is 1. The number of para-hydroxylation sites is 1. The summed E-state index contributed by atoms with van der Waals surface area (Å²) < 4.78 is 5.39. The maximum absolute atomic E-state index is 12.7. The topological polar surface area (TPSA) is 66.0 Å². The molecule has 0 aromatic heterocycles. The Morgan fingerprint density at radius 3 is 2.72 bits per heavy atom. The van der Waals surface area contributed by atoms with Crippen LogP contribution in [0.4, 0.5) is 5.69 Å². The summed E-state index contributed by atoms with van der Waals surface area (Å²) in [7, 11) is 0. The molecule has 2 aromatic carbocycles. The van der Waals surface area contributed by atoms with Crippen molar-refractivity contribution in [2.45, 2.75) is 13.3 Å². The van der Waals surface area contributed by atoms with Gasteiger partial charge in [-0.05, 0) is 36.2 Å². The van der Waals surface area contributed by atoms with Crippen molar-refractivity contribution >= 4 is 29.2 Å². The van der Waals surface area contributed by atoms with Gasteiger partial charge in [-0.3, -0.25) is 20.0 Å². The first-order valence-electron chi connectivity index (χ1n) is 9.92. The monoisotopic (exact) mass is 414 g/mol. The van der Waals surface area contributed by atoms with Gasteiger partial charge in [0.05, 0.1) is 19.8 Å². The van der Waals surface area contributed by atoms with Crippen LogP contribution in [-0.2, 0) is 11.2 Å². The summed E-state index contributed by atoms with van der Waals surface area (Å²) in [6, 6.07) is 14.9. The van der Waals surface area contributed by atoms with Crippen molar-refractivity contribution in [2.24, 2.45) is 4.99 Å². The van der Waals surface area contributed by atoms with E-state index in [9.17, 15) is 4.79 Å². The predicted molar refractivity (Wildman–Crippen MR) is 118 cm³/mol. The summed E-state index contributed by atoms with van der Waals surface area (Å²) in [5.41, 5.74) is 2.58. The molecule has 1 amide bonds. The molecule has 1 fully saturated rings. The molecule has 0 bridgehead atoms. The Kier molecular flexibility index (Phi) is 8.04. The van der Waals surface area contributed by atoms with E-state index in [1.165, 1.54) is 0 Å². The Bertz CT molecular complexity index is 850. The molecule has 0 saturated carbocycles. The van der Waals surface area contributed by atoms with E-state index in [1.807, 2.05) is 18.2 Å². The molecule has 0 spiro atoms. The SMILES string of the molecule is CCc1ccccc1NC(=NCCN1CCOCC1)NC(=O)c1cccc(Cl)c1. The number of nitrogens with zero attached hydrogens (tertiary/aromatic N) is 2. The fraction of sp³-hybridized carbons (Fsp3) is 0.364. The van der Waals surface area contributed by atoms with E-state index >= 15 is 0 Å². The van der Waals surface area contributed by atoms with Crippen molar-refractivity contribution < 1.29 is 9.53 Å². The second-order valence-electron chi connectivity index (χ2n) is 6.78. The van der Waals surface area contributed by atoms with Gasteiger partial charge < -0.3 is 10.1 Å². The number of morpholine rings is 1. The van der Waals surface area contributed by atoms with Crippen molar-refractivity contribution in [1.82, 2.24) is 10.2 Å². The molecule has 0 aliphatic carbocycles. The number of benzene rings is 2. The predicted octanol–water partition coefficient (Wildman–Crippen LogP) is 3.43. The fourth-order valence-corrected chi connectivity index (χ4v) is 3.32. The Morgan fingerprint density at radius 1 is 1.17 bits per heavy atom. The second-order valence-corrected chi connectivity index (χ2v) is 7.22. The zero-order chi connectivity index (χ0) is 20.5. The molecule has 2 aromatic rings. The molecule has 1 aliphatic rings. The van der Waals surface area contributed by atoms with Gasteiger partial charge in [0.1, 0.15) is 0 Å². The smallest absolute Gasteiger partial charge is 0.258 e. The second kappa shape index (κ2) is 11.0. The van der Waals surface area contributed by atoms with Gasteiger partial charge in [0.25, 0.3) is 5.91 Å². The van der Waals surface area contributed by atoms with Crippen molar-refractivity contribution in [1.29, 1.82) is 0 Å². The van der Waals surface area contributed by atoms with E-state index in [-0.39, 0.29) is 5.91 Å². The van der Waals surface area contributed by atoms with Gasteiger partial charge in [0.2, 0.25) is 5.96 Å². The standard InChI is InChI=1S/C22H27ClN4O2/c1-2-17-6-3-4-9-20(17)25-22(24-10-11-27-12-14-29-15-13-27)26-21(28)18-7-5-8-19(23)16-18/h3-9,16H,2,10-15H2,1H3,(H2,24,25,26,28). The number of aryl methyl sites for hydroxylation is 1. The first-order valence-corrected chi connectivity index (χ1v) is 10.3. The Morgan fingerprint density at radius 2 is 1.97 bits per heavy atom. The van der Waals surface area contributed by atoms with Crippen LogP contribution in [0.5, 0.6) is 0 Å². The van der Waals surface area contributed by atoms with E-state index in [1.54, 1.807) is 24.3 Å². The van der Waals surface area contributed by atoms with Gasteiger partial charge in [-0.1, -0.05) is 42.8 Å². The largest absolute Gasteiger partial charge is 0.379 e. The normalized spacial score (nSPS) is 15.2. The highest BCUT2D eigenvalue weighted by molar-refractivity contribution is 6.31. The minimum absolute atomic E-state index is 0.251. The maximum atomic E-state index is 12.7. The van der Waals surface area contributed by atoms with Gasteiger partial charge >= 0.3 is 0 Å². The molecule has 154 valence electrons. The molecular weight excluding hydrogens is 388 g/mol. The summed E-state index contributed by atoms with van der Waals surface area (Å²) in [5, 5.41) is 6.71. The van der Waals surface area contributed by atoms with E-state index in [4.69, 9.17) is 16.3 Å². The average molecular weight is 415 g/mol. The lowest BCUT2D eigenvalue weighted by atomic mass is 10.1. The average Bonchev–Trinajstić information content (AvgIpc) is 2.75. The van der Waals surface area contributed by atoms with Gasteiger partial charge in [-0.25, -0.2) is 0 Å². The van der Waals surface area contributed by atoms with Crippen molar-refractivity contribution in [2.75, 3.05) is 44.7 Å². The van der Waals surface area contributed by atoms with Crippen molar-refractivity contribution in [3.8, 4) is 0 Å². The van der Waals surface area contributed by atoms with Gasteiger partial charge in [-0.2, -0.15) is 0 Å². The first-order chi connectivity index (χ1) is 14.2. The zero-order valence-electron chi connectivity index (χ0n) is 16.7. The van der Waals surface area contributed by atoms with E-state index in [0.717, 1.165) is 50.5 Å². The molecule has 1 saturated heterocycles. The molecule has 0 radical (unpaired) electrons. The molecular formula is C22H27ClN4O2. The maximum Gasteiger partial charge on any atom is 0.258 e. The number of nitrogens with one attached hydrogen (secondary N) is 2. The van der Waals surface area contributed by atoms with E-state index in [2.05, 4.69) is 33.5 Å². The molecule has 3 rings (SSSR count). The number of carbonyl (C=O) groups excluding carboxylic acids is 1. The number of aliphatic imine (C=N–C) groups is 1. The molecule has 0 unspecified atom stereocenters. The molecule has 6 nitrogen and oxygen atoms in total. The molecule has 29 heavy (non-hydrogen) atoms. The summed E-state index contributed by atoms with van der Waals surface area (Å²) in [5.74, 6) is 0.184. The number of guanidine groups is 1. The van der Waals surface area contributed by atoms with Crippen LogP contribution in [0, 0.1) is 0 Å². The molecule has 1 heterocycles. The lowest BCUT2D eigenvalue weighted by molar-refractivity contribution is 0.0394. The first kappa shape index (κ1) is 21.3. The number of amides is 1. The summed E-state index contributed by atoms with van der Waals surface area (Å²) >= 11 is 6.02. The molecule has 7 heteroatoms. The Labute approximate surface area is 176 Å². The Hall–Kier alpha value is -2.41. The van der Waals surface area contributed by atoms with Crippen LogP contribution < -0.4 is 10.6 Å². The molecule has 0 atom stereocenters. The summed E-state index contributed by atoms with van der Waals surface area (Å²) in [6.07, 6.45) is 0.881. The molecule has 1 aliphatic heterocycles. The van der Waals surface area contributed by atoms with Crippen LogP contribution in [0.25, 0.3) is 0 Å². The highest BCUT2D eigenvalue weighted by Gasteiger charge is 2.13. The third kappa shape index (κ3) is 6.56. The van der Waals surface area contributed by atoms with Crippen LogP contribution in [0.1, 0.15) is 22.8 Å². The van der Waals surface area contributed by atoms with Crippen molar-refractivity contribution in [3.05, 3.63) is 64.7 Å². The highest BCUT2D eigenvalue weighted by atomic mass is 35.5. The number of halogens is 1. The number of hydrogen-bond acceptors (Lipinski definition) is 4.